The lowest BCUT2D eigenvalue weighted by atomic mass is 10.0. The van der Waals surface area contributed by atoms with E-state index < -0.39 is 22.8 Å². The molecule has 2 heterocycles. The highest BCUT2D eigenvalue weighted by Gasteiger charge is 2.28. The summed E-state index contributed by atoms with van der Waals surface area (Å²) in [5.41, 5.74) is 0.850. The number of H-pyrrole nitrogens is 1. The maximum atomic E-state index is 12.2. The summed E-state index contributed by atoms with van der Waals surface area (Å²) in [6.07, 6.45) is 1.86. The highest BCUT2D eigenvalue weighted by molar-refractivity contribution is 5.91. The van der Waals surface area contributed by atoms with Gasteiger partial charge in [0, 0.05) is 24.9 Å². The number of methoxy groups -OCH3 is 1. The number of aromatic nitrogens is 3. The summed E-state index contributed by atoms with van der Waals surface area (Å²) in [4.78, 5) is 30.8. The number of hydrogen-bond acceptors (Lipinski definition) is 6. The molecule has 0 spiro atoms. The van der Waals surface area contributed by atoms with E-state index in [1.165, 1.54) is 0 Å². The van der Waals surface area contributed by atoms with Gasteiger partial charge in [-0.3, -0.25) is 4.79 Å². The highest BCUT2D eigenvalue weighted by atomic mass is 16.5. The first kappa shape index (κ1) is 19.1. The maximum Gasteiger partial charge on any atom is 0.345 e. The van der Waals surface area contributed by atoms with Crippen LogP contribution in [0.15, 0.2) is 4.79 Å². The fraction of sp³-hybridized carbons (Fsp3) is 0.500. The first-order chi connectivity index (χ1) is 13.0. The number of carboxylic acids is 1. The molecule has 0 bridgehead atoms. The zero-order valence-electron chi connectivity index (χ0n) is 15.4. The highest BCUT2D eigenvalue weighted by Crippen LogP contribution is 2.36. The van der Waals surface area contributed by atoms with E-state index in [2.05, 4.69) is 9.97 Å². The van der Waals surface area contributed by atoms with Crippen LogP contribution < -0.4 is 5.56 Å². The largest absolute Gasteiger partial charge is 0.506 e. The standard InChI is InChI=1S/C18H23N3O6/c1-3-21-11-6-4-5-10-14(20-17(23)13(16(10)22)18(24)25)15(11)19-12(21)9-27-8-7-26-2/h3-9H2,1-2H3,(H,24,25)(H2,20,22,23). The van der Waals surface area contributed by atoms with Gasteiger partial charge < -0.3 is 29.2 Å². The summed E-state index contributed by atoms with van der Waals surface area (Å²) in [7, 11) is 1.60. The summed E-state index contributed by atoms with van der Waals surface area (Å²) in [5.74, 6) is -1.21. The third kappa shape index (κ3) is 3.47. The molecule has 3 rings (SSSR count). The predicted octanol–water partition coefficient (Wildman–Crippen LogP) is 1.31. The van der Waals surface area contributed by atoms with Crippen LogP contribution in [0.4, 0.5) is 0 Å². The second kappa shape index (κ2) is 7.93. The van der Waals surface area contributed by atoms with Crippen LogP contribution in [0.3, 0.4) is 0 Å². The van der Waals surface area contributed by atoms with Gasteiger partial charge in [0.2, 0.25) is 0 Å². The van der Waals surface area contributed by atoms with Crippen molar-refractivity contribution < 1.29 is 24.5 Å². The molecule has 2 aromatic heterocycles. The average molecular weight is 377 g/mol. The van der Waals surface area contributed by atoms with Crippen LogP contribution in [0.5, 0.6) is 5.75 Å². The number of fused-ring (bicyclic) bond motifs is 3. The van der Waals surface area contributed by atoms with E-state index in [9.17, 15) is 19.8 Å². The molecule has 27 heavy (non-hydrogen) atoms. The molecule has 0 radical (unpaired) electrons. The number of ether oxygens (including phenoxy) is 2. The van der Waals surface area contributed by atoms with E-state index >= 15 is 0 Å². The van der Waals surface area contributed by atoms with Crippen LogP contribution in [0.1, 0.15) is 40.8 Å². The van der Waals surface area contributed by atoms with Crippen molar-refractivity contribution in [3.8, 4) is 17.1 Å². The molecule has 0 fully saturated rings. The van der Waals surface area contributed by atoms with E-state index in [1.807, 2.05) is 11.5 Å². The van der Waals surface area contributed by atoms with Gasteiger partial charge >= 0.3 is 5.97 Å². The predicted molar refractivity (Wildman–Crippen MR) is 96.1 cm³/mol. The quantitative estimate of drug-likeness (QED) is 0.621. The molecule has 0 aromatic carbocycles. The fourth-order valence-corrected chi connectivity index (χ4v) is 3.49. The Morgan fingerprint density at radius 1 is 1.33 bits per heavy atom. The SMILES string of the molecule is CCn1c(COCCOC)nc2c1CCCc1c-2[nH]c(=O)c(C(=O)O)c1O. The van der Waals surface area contributed by atoms with Gasteiger partial charge in [-0.25, -0.2) is 9.78 Å². The Morgan fingerprint density at radius 3 is 2.78 bits per heavy atom. The Bertz CT molecular complexity index is 915. The molecule has 9 heteroatoms. The number of carbonyl (C=O) groups is 1. The fourth-order valence-electron chi connectivity index (χ4n) is 3.49. The molecule has 2 aromatic rings. The molecule has 0 unspecified atom stereocenters. The van der Waals surface area contributed by atoms with Crippen molar-refractivity contribution in [1.82, 2.24) is 14.5 Å². The van der Waals surface area contributed by atoms with Gasteiger partial charge in [-0.2, -0.15) is 0 Å². The van der Waals surface area contributed by atoms with E-state index in [1.54, 1.807) is 7.11 Å². The zero-order valence-corrected chi connectivity index (χ0v) is 15.4. The van der Waals surface area contributed by atoms with Crippen LogP contribution in [-0.4, -0.2) is 51.0 Å². The molecular weight excluding hydrogens is 354 g/mol. The molecule has 9 nitrogen and oxygen atoms in total. The van der Waals surface area contributed by atoms with Crippen LogP contribution in [0.25, 0.3) is 11.4 Å². The topological polar surface area (TPSA) is 127 Å². The minimum Gasteiger partial charge on any atom is -0.506 e. The van der Waals surface area contributed by atoms with E-state index in [-0.39, 0.29) is 0 Å². The second-order valence-electron chi connectivity index (χ2n) is 6.30. The van der Waals surface area contributed by atoms with Crippen molar-refractivity contribution in [2.75, 3.05) is 20.3 Å². The van der Waals surface area contributed by atoms with Gasteiger partial charge in [0.1, 0.15) is 23.9 Å². The van der Waals surface area contributed by atoms with E-state index in [4.69, 9.17) is 9.47 Å². The summed E-state index contributed by atoms with van der Waals surface area (Å²) >= 11 is 0. The molecule has 1 aliphatic rings. The summed E-state index contributed by atoms with van der Waals surface area (Å²) < 4.78 is 12.6. The first-order valence-corrected chi connectivity index (χ1v) is 8.86. The second-order valence-corrected chi connectivity index (χ2v) is 6.30. The van der Waals surface area contributed by atoms with Crippen molar-refractivity contribution in [3.05, 3.63) is 33.0 Å². The van der Waals surface area contributed by atoms with Crippen molar-refractivity contribution >= 4 is 5.97 Å². The van der Waals surface area contributed by atoms with Crippen molar-refractivity contribution in [3.63, 3.8) is 0 Å². The molecular formula is C18H23N3O6. The number of rotatable bonds is 7. The van der Waals surface area contributed by atoms with Gasteiger partial charge in [-0.1, -0.05) is 0 Å². The number of nitrogens with zero attached hydrogens (tertiary/aromatic N) is 2. The van der Waals surface area contributed by atoms with Gasteiger partial charge in [-0.05, 0) is 26.2 Å². The van der Waals surface area contributed by atoms with Crippen molar-refractivity contribution in [2.24, 2.45) is 0 Å². The molecule has 1 aliphatic carbocycles. The lowest BCUT2D eigenvalue weighted by molar-refractivity contribution is 0.0573. The van der Waals surface area contributed by atoms with Gasteiger partial charge in [0.15, 0.2) is 5.56 Å². The minimum atomic E-state index is -1.45. The van der Waals surface area contributed by atoms with E-state index in [0.29, 0.717) is 68.4 Å². The van der Waals surface area contributed by atoms with E-state index in [0.717, 1.165) is 5.69 Å². The van der Waals surface area contributed by atoms with Crippen molar-refractivity contribution in [1.29, 1.82) is 0 Å². The first-order valence-electron chi connectivity index (χ1n) is 8.86. The Hall–Kier alpha value is -2.65. The van der Waals surface area contributed by atoms with Gasteiger partial charge in [-0.15, -0.1) is 0 Å². The Kier molecular flexibility index (Phi) is 5.62. The van der Waals surface area contributed by atoms with Crippen LogP contribution >= 0.6 is 0 Å². The normalized spacial score (nSPS) is 13.1. The van der Waals surface area contributed by atoms with Crippen LogP contribution in [0, 0.1) is 0 Å². The van der Waals surface area contributed by atoms with Gasteiger partial charge in [0.25, 0.3) is 5.56 Å². The number of aromatic amines is 1. The Morgan fingerprint density at radius 2 is 2.11 bits per heavy atom. The third-order valence-corrected chi connectivity index (χ3v) is 4.71. The molecule has 0 amide bonds. The number of aromatic hydroxyl groups is 1. The van der Waals surface area contributed by atoms with Gasteiger partial charge in [0.05, 0.1) is 18.9 Å². The van der Waals surface area contributed by atoms with Crippen LogP contribution in [-0.2, 0) is 35.5 Å². The number of hydrogen-bond donors (Lipinski definition) is 3. The van der Waals surface area contributed by atoms with Crippen molar-refractivity contribution in [2.45, 2.75) is 39.3 Å². The zero-order chi connectivity index (χ0) is 19.6. The lowest BCUT2D eigenvalue weighted by Gasteiger charge is -2.09. The Labute approximate surface area is 155 Å². The number of imidazole rings is 1. The smallest absolute Gasteiger partial charge is 0.345 e. The monoisotopic (exact) mass is 377 g/mol. The maximum absolute atomic E-state index is 12.2. The third-order valence-electron chi connectivity index (χ3n) is 4.71. The molecule has 3 N–H and O–H groups in total. The molecule has 146 valence electrons. The summed E-state index contributed by atoms with van der Waals surface area (Å²) in [5, 5.41) is 19.6. The molecule has 0 saturated carbocycles. The Balaban J connectivity index is 2.10. The average Bonchev–Trinajstić information content (AvgIpc) is 2.87. The minimum absolute atomic E-state index is 0.295. The number of nitrogens with one attached hydrogen (secondary N) is 1. The molecule has 0 atom stereocenters. The summed E-state index contributed by atoms with van der Waals surface area (Å²) in [6, 6.07) is 0. The molecule has 0 saturated heterocycles. The lowest BCUT2D eigenvalue weighted by Crippen LogP contribution is -2.20. The number of carboxylic acid groups (broad SMARTS) is 1. The molecule has 0 aliphatic heterocycles. The van der Waals surface area contributed by atoms with Crippen LogP contribution in [0.2, 0.25) is 0 Å². The summed E-state index contributed by atoms with van der Waals surface area (Å²) in [6.45, 7) is 3.90. The number of aromatic carboxylic acids is 1. The number of pyridine rings is 1.